The molecule has 0 radical (unpaired) electrons. The van der Waals surface area contributed by atoms with Crippen molar-refractivity contribution in [2.75, 3.05) is 0 Å². The molecule has 0 aromatic heterocycles. The van der Waals surface area contributed by atoms with Crippen LogP contribution in [0.25, 0.3) is 6.08 Å². The maximum absolute atomic E-state index is 13.4. The number of aromatic hydroxyl groups is 1. The predicted molar refractivity (Wildman–Crippen MR) is 120 cm³/mol. The molecule has 4 rings (SSSR count). The third kappa shape index (κ3) is 4.36. The predicted octanol–water partition coefficient (Wildman–Crippen LogP) is 6.23. The van der Waals surface area contributed by atoms with Gasteiger partial charge < -0.3 is 5.11 Å². The van der Waals surface area contributed by atoms with Crippen LogP contribution < -0.4 is 0 Å². The fourth-order valence-electron chi connectivity index (χ4n) is 3.93. The Morgan fingerprint density at radius 1 is 1.17 bits per heavy atom. The summed E-state index contributed by atoms with van der Waals surface area (Å²) in [6, 6.07) is 14.7. The molecule has 1 amide bonds. The van der Waals surface area contributed by atoms with Crippen LogP contribution in [0.2, 0.25) is 5.02 Å². The Kier molecular flexibility index (Phi) is 5.97. The van der Waals surface area contributed by atoms with E-state index in [-0.39, 0.29) is 17.7 Å². The second kappa shape index (κ2) is 8.64. The van der Waals surface area contributed by atoms with E-state index in [1.54, 1.807) is 24.3 Å². The summed E-state index contributed by atoms with van der Waals surface area (Å²) in [5.41, 5.74) is 1.36. The van der Waals surface area contributed by atoms with Gasteiger partial charge in [-0.25, -0.2) is 4.99 Å². The van der Waals surface area contributed by atoms with E-state index in [0.29, 0.717) is 26.6 Å². The molecule has 4 nitrogen and oxygen atoms in total. The Labute approximate surface area is 180 Å². The molecule has 150 valence electrons. The summed E-state index contributed by atoms with van der Waals surface area (Å²) in [6.45, 7) is 2.21. The number of rotatable bonds is 3. The van der Waals surface area contributed by atoms with Gasteiger partial charge in [-0.2, -0.15) is 0 Å². The number of halogens is 1. The standard InChI is InChI=1S/C23H23ClN2O2S/c1-15-7-5-6-10-19(15)26-22(28)21(14-16-13-17(24)11-12-20(16)27)29-23(26)25-18-8-3-2-4-9-18/h2-4,8-9,11-15,19,27H,5-7,10H2,1H3/b21-14-,25-23?/t15-,19+/m1/s1. The van der Waals surface area contributed by atoms with Gasteiger partial charge in [-0.3, -0.25) is 9.69 Å². The van der Waals surface area contributed by atoms with Gasteiger partial charge in [-0.05, 0) is 66.9 Å². The van der Waals surface area contributed by atoms with Crippen LogP contribution in [-0.2, 0) is 4.79 Å². The zero-order valence-corrected chi connectivity index (χ0v) is 17.8. The first-order valence-corrected chi connectivity index (χ1v) is 11.1. The van der Waals surface area contributed by atoms with Gasteiger partial charge in [0.05, 0.1) is 10.6 Å². The van der Waals surface area contributed by atoms with Gasteiger partial charge in [0.15, 0.2) is 5.17 Å². The fourth-order valence-corrected chi connectivity index (χ4v) is 5.15. The van der Waals surface area contributed by atoms with Crippen molar-refractivity contribution in [2.24, 2.45) is 10.9 Å². The van der Waals surface area contributed by atoms with Crippen LogP contribution in [-0.4, -0.2) is 27.1 Å². The van der Waals surface area contributed by atoms with Crippen molar-refractivity contribution in [3.8, 4) is 5.75 Å². The average molecular weight is 427 g/mol. The molecule has 2 aromatic carbocycles. The van der Waals surface area contributed by atoms with Crippen molar-refractivity contribution >= 4 is 46.2 Å². The molecule has 2 fully saturated rings. The Morgan fingerprint density at radius 3 is 2.69 bits per heavy atom. The second-order valence-electron chi connectivity index (χ2n) is 7.55. The molecule has 1 heterocycles. The molecule has 1 N–H and O–H groups in total. The van der Waals surface area contributed by atoms with Gasteiger partial charge in [0.2, 0.25) is 0 Å². The van der Waals surface area contributed by atoms with Gasteiger partial charge in [-0.1, -0.05) is 49.6 Å². The van der Waals surface area contributed by atoms with Crippen molar-refractivity contribution in [2.45, 2.75) is 38.6 Å². The second-order valence-corrected chi connectivity index (χ2v) is 8.99. The number of amides is 1. The van der Waals surface area contributed by atoms with Crippen LogP contribution >= 0.6 is 23.4 Å². The van der Waals surface area contributed by atoms with Gasteiger partial charge in [-0.15, -0.1) is 0 Å². The Morgan fingerprint density at radius 2 is 1.93 bits per heavy atom. The first-order chi connectivity index (χ1) is 14.0. The first-order valence-electron chi connectivity index (χ1n) is 9.88. The Hall–Kier alpha value is -2.24. The van der Waals surface area contributed by atoms with Crippen molar-refractivity contribution in [1.82, 2.24) is 4.90 Å². The third-order valence-electron chi connectivity index (χ3n) is 5.49. The van der Waals surface area contributed by atoms with E-state index >= 15 is 0 Å². The minimum atomic E-state index is -0.0530. The molecule has 1 aliphatic carbocycles. The SMILES string of the molecule is C[C@@H]1CCCC[C@@H]1N1C(=O)/C(=C/c2cc(Cl)ccc2O)SC1=Nc1ccccc1. The first kappa shape index (κ1) is 20.0. The molecular formula is C23H23ClN2O2S. The molecule has 0 bridgehead atoms. The highest BCUT2D eigenvalue weighted by molar-refractivity contribution is 8.18. The summed E-state index contributed by atoms with van der Waals surface area (Å²) in [5.74, 6) is 0.470. The van der Waals surface area contributed by atoms with E-state index in [1.807, 2.05) is 35.2 Å². The molecule has 1 saturated heterocycles. The maximum Gasteiger partial charge on any atom is 0.267 e. The van der Waals surface area contributed by atoms with Crippen LogP contribution in [0.5, 0.6) is 5.75 Å². The Bertz CT molecular complexity index is 974. The lowest BCUT2D eigenvalue weighted by Gasteiger charge is -2.35. The van der Waals surface area contributed by atoms with E-state index in [9.17, 15) is 9.90 Å². The fraction of sp³-hybridized carbons (Fsp3) is 0.304. The largest absolute Gasteiger partial charge is 0.507 e. The molecule has 2 atom stereocenters. The molecular weight excluding hydrogens is 404 g/mol. The minimum Gasteiger partial charge on any atom is -0.507 e. The number of thioether (sulfide) groups is 1. The van der Waals surface area contributed by atoms with E-state index in [0.717, 1.165) is 24.9 Å². The van der Waals surface area contributed by atoms with E-state index < -0.39 is 0 Å². The monoisotopic (exact) mass is 426 g/mol. The van der Waals surface area contributed by atoms with Crippen LogP contribution in [0.15, 0.2) is 58.4 Å². The van der Waals surface area contributed by atoms with Crippen molar-refractivity contribution < 1.29 is 9.90 Å². The van der Waals surface area contributed by atoms with Crippen LogP contribution in [0.3, 0.4) is 0 Å². The smallest absolute Gasteiger partial charge is 0.267 e. The summed E-state index contributed by atoms with van der Waals surface area (Å²) in [5, 5.41) is 11.4. The van der Waals surface area contributed by atoms with Gasteiger partial charge in [0.1, 0.15) is 5.75 Å². The molecule has 0 spiro atoms. The number of carbonyl (C=O) groups excluding carboxylic acids is 1. The summed E-state index contributed by atoms with van der Waals surface area (Å²) in [4.78, 5) is 20.6. The minimum absolute atomic E-state index is 0.0530. The zero-order valence-electron chi connectivity index (χ0n) is 16.2. The quantitative estimate of drug-likeness (QED) is 0.592. The summed E-state index contributed by atoms with van der Waals surface area (Å²) < 4.78 is 0. The number of para-hydroxylation sites is 1. The number of hydrogen-bond donors (Lipinski definition) is 1. The Balaban J connectivity index is 1.74. The lowest BCUT2D eigenvalue weighted by molar-refractivity contribution is -0.124. The number of amidine groups is 1. The van der Waals surface area contributed by atoms with Crippen LogP contribution in [0, 0.1) is 5.92 Å². The lowest BCUT2D eigenvalue weighted by Crippen LogP contribution is -2.44. The molecule has 1 saturated carbocycles. The van der Waals surface area contributed by atoms with E-state index in [1.165, 1.54) is 18.2 Å². The average Bonchev–Trinajstić information content (AvgIpc) is 3.01. The van der Waals surface area contributed by atoms with E-state index in [4.69, 9.17) is 16.6 Å². The third-order valence-corrected chi connectivity index (χ3v) is 6.71. The molecule has 29 heavy (non-hydrogen) atoms. The van der Waals surface area contributed by atoms with Gasteiger partial charge in [0, 0.05) is 16.6 Å². The normalized spacial score (nSPS) is 25.2. The maximum atomic E-state index is 13.4. The number of benzene rings is 2. The topological polar surface area (TPSA) is 52.9 Å². The number of phenols is 1. The molecule has 2 aromatic rings. The highest BCUT2D eigenvalue weighted by Gasteiger charge is 2.41. The molecule has 0 unspecified atom stereocenters. The highest BCUT2D eigenvalue weighted by atomic mass is 35.5. The number of carbonyl (C=O) groups is 1. The molecule has 6 heteroatoms. The van der Waals surface area contributed by atoms with Gasteiger partial charge in [0.25, 0.3) is 5.91 Å². The number of phenolic OH excluding ortho intramolecular Hbond substituents is 1. The number of nitrogens with zero attached hydrogens (tertiary/aromatic N) is 2. The molecule has 1 aliphatic heterocycles. The van der Waals surface area contributed by atoms with Crippen molar-refractivity contribution in [3.05, 3.63) is 64.0 Å². The number of hydrogen-bond acceptors (Lipinski definition) is 4. The zero-order chi connectivity index (χ0) is 20.4. The van der Waals surface area contributed by atoms with Gasteiger partial charge >= 0.3 is 0 Å². The number of aliphatic imine (C=N–C) groups is 1. The van der Waals surface area contributed by atoms with Crippen molar-refractivity contribution in [3.63, 3.8) is 0 Å². The van der Waals surface area contributed by atoms with Crippen LogP contribution in [0.1, 0.15) is 38.2 Å². The highest BCUT2D eigenvalue weighted by Crippen LogP contribution is 2.40. The van der Waals surface area contributed by atoms with Crippen LogP contribution in [0.4, 0.5) is 5.69 Å². The molecule has 2 aliphatic rings. The lowest BCUT2D eigenvalue weighted by atomic mass is 9.85. The van der Waals surface area contributed by atoms with E-state index in [2.05, 4.69) is 6.92 Å². The summed E-state index contributed by atoms with van der Waals surface area (Å²) in [6.07, 6.45) is 6.14. The summed E-state index contributed by atoms with van der Waals surface area (Å²) >= 11 is 7.44. The summed E-state index contributed by atoms with van der Waals surface area (Å²) in [7, 11) is 0. The van der Waals surface area contributed by atoms with Crippen molar-refractivity contribution in [1.29, 1.82) is 0 Å².